The molecular formula is C11H11ClN4O2. The fourth-order valence-electron chi connectivity index (χ4n) is 1.56. The molecule has 7 heteroatoms. The number of carbonyl (C=O) groups is 1. The molecule has 0 bridgehead atoms. The molecule has 1 heterocycles. The number of amides is 1. The molecular weight excluding hydrogens is 256 g/mol. The smallest absolute Gasteiger partial charge is 0.405 e. The van der Waals surface area contributed by atoms with Crippen LogP contribution in [0.25, 0.3) is 0 Å². The average Bonchev–Trinajstić information content (AvgIpc) is 2.81. The van der Waals surface area contributed by atoms with Gasteiger partial charge in [0.25, 0.3) is 0 Å². The van der Waals surface area contributed by atoms with E-state index in [1.807, 2.05) is 0 Å². The lowest BCUT2D eigenvalue weighted by Gasteiger charge is -2.17. The molecule has 0 radical (unpaired) electrons. The highest BCUT2D eigenvalue weighted by Crippen LogP contribution is 2.26. The van der Waals surface area contributed by atoms with Gasteiger partial charge in [0.15, 0.2) is 6.10 Å². The maximum atomic E-state index is 10.9. The van der Waals surface area contributed by atoms with Crippen LogP contribution in [0.2, 0.25) is 5.02 Å². The van der Waals surface area contributed by atoms with Crippen LogP contribution in [0.5, 0.6) is 0 Å². The zero-order chi connectivity index (χ0) is 13.0. The van der Waals surface area contributed by atoms with Gasteiger partial charge in [-0.05, 0) is 6.07 Å². The first-order chi connectivity index (χ1) is 8.66. The Morgan fingerprint density at radius 2 is 2.06 bits per heavy atom. The number of nitrogens with zero attached hydrogens (tertiary/aromatic N) is 3. The van der Waals surface area contributed by atoms with Crippen molar-refractivity contribution in [2.45, 2.75) is 12.6 Å². The predicted octanol–water partition coefficient (Wildman–Crippen LogP) is 1.77. The predicted molar refractivity (Wildman–Crippen MR) is 64.9 cm³/mol. The summed E-state index contributed by atoms with van der Waals surface area (Å²) in [6.07, 6.45) is 1.58. The van der Waals surface area contributed by atoms with E-state index >= 15 is 0 Å². The molecule has 2 rings (SSSR count). The zero-order valence-electron chi connectivity index (χ0n) is 9.36. The molecule has 0 saturated heterocycles. The molecule has 1 aromatic heterocycles. The van der Waals surface area contributed by atoms with Gasteiger partial charge in [-0.15, -0.1) is 0 Å². The second kappa shape index (κ2) is 5.50. The number of rotatable bonds is 4. The number of benzene rings is 1. The van der Waals surface area contributed by atoms with Crippen LogP contribution in [0.1, 0.15) is 11.7 Å². The molecule has 0 fully saturated rings. The van der Waals surface area contributed by atoms with Crippen LogP contribution in [0.3, 0.4) is 0 Å². The van der Waals surface area contributed by atoms with E-state index < -0.39 is 12.2 Å². The van der Waals surface area contributed by atoms with Gasteiger partial charge in [-0.1, -0.05) is 29.8 Å². The maximum Gasteiger partial charge on any atom is 0.405 e. The topological polar surface area (TPSA) is 83.0 Å². The van der Waals surface area contributed by atoms with Gasteiger partial charge in [-0.25, -0.2) is 4.79 Å². The van der Waals surface area contributed by atoms with E-state index in [2.05, 4.69) is 10.2 Å². The van der Waals surface area contributed by atoms with Crippen molar-refractivity contribution in [3.63, 3.8) is 0 Å². The Hall–Kier alpha value is -2.08. The molecule has 2 aromatic rings. The number of primary amides is 1. The lowest BCUT2D eigenvalue weighted by Crippen LogP contribution is -2.22. The second-order valence-electron chi connectivity index (χ2n) is 3.53. The summed E-state index contributed by atoms with van der Waals surface area (Å²) in [6, 6.07) is 7.07. The van der Waals surface area contributed by atoms with E-state index in [1.54, 1.807) is 24.3 Å². The van der Waals surface area contributed by atoms with Gasteiger partial charge >= 0.3 is 6.09 Å². The summed E-state index contributed by atoms with van der Waals surface area (Å²) in [7, 11) is 0. The van der Waals surface area contributed by atoms with E-state index in [1.165, 1.54) is 17.2 Å². The van der Waals surface area contributed by atoms with Gasteiger partial charge < -0.3 is 10.5 Å². The number of hydrogen-bond donors (Lipinski definition) is 1. The molecule has 1 aromatic carbocycles. The Morgan fingerprint density at radius 1 is 1.39 bits per heavy atom. The van der Waals surface area contributed by atoms with Crippen LogP contribution in [-0.4, -0.2) is 21.1 Å². The van der Waals surface area contributed by atoms with E-state index in [0.29, 0.717) is 10.6 Å². The third-order valence-corrected chi connectivity index (χ3v) is 2.65. The summed E-state index contributed by atoms with van der Waals surface area (Å²) >= 11 is 6.06. The first-order valence-corrected chi connectivity index (χ1v) is 5.59. The van der Waals surface area contributed by atoms with Crippen molar-refractivity contribution in [2.24, 2.45) is 5.73 Å². The fourth-order valence-corrected chi connectivity index (χ4v) is 1.82. The highest BCUT2D eigenvalue weighted by molar-refractivity contribution is 6.31. The summed E-state index contributed by atoms with van der Waals surface area (Å²) in [6.45, 7) is 0.250. The van der Waals surface area contributed by atoms with Gasteiger partial charge in [0.1, 0.15) is 6.54 Å². The Kier molecular flexibility index (Phi) is 3.78. The number of carbonyl (C=O) groups excluding carboxylic acids is 1. The third-order valence-electron chi connectivity index (χ3n) is 2.31. The van der Waals surface area contributed by atoms with E-state index in [4.69, 9.17) is 22.1 Å². The van der Waals surface area contributed by atoms with Crippen LogP contribution in [0.15, 0.2) is 36.7 Å². The quantitative estimate of drug-likeness (QED) is 0.914. The molecule has 0 aliphatic rings. The largest absolute Gasteiger partial charge is 0.439 e. The minimum atomic E-state index is -0.868. The molecule has 0 spiro atoms. The molecule has 2 N–H and O–H groups in total. The second-order valence-corrected chi connectivity index (χ2v) is 3.94. The van der Waals surface area contributed by atoms with Crippen LogP contribution in [-0.2, 0) is 11.3 Å². The van der Waals surface area contributed by atoms with Crippen molar-refractivity contribution >= 4 is 17.7 Å². The highest BCUT2D eigenvalue weighted by Gasteiger charge is 2.19. The monoisotopic (exact) mass is 266 g/mol. The Labute approximate surface area is 108 Å². The summed E-state index contributed by atoms with van der Waals surface area (Å²) in [5, 5.41) is 8.39. The molecule has 1 amide bonds. The lowest BCUT2D eigenvalue weighted by atomic mass is 10.1. The van der Waals surface area contributed by atoms with Crippen molar-refractivity contribution in [3.05, 3.63) is 47.2 Å². The molecule has 1 atom stereocenters. The number of ether oxygens (including phenoxy) is 1. The van der Waals surface area contributed by atoms with Crippen molar-refractivity contribution in [3.8, 4) is 0 Å². The van der Waals surface area contributed by atoms with Crippen molar-refractivity contribution < 1.29 is 9.53 Å². The number of nitrogens with two attached hydrogens (primary N) is 1. The Bertz CT molecular complexity index is 530. The standard InChI is InChI=1S/C11H11ClN4O2/c12-9-4-2-1-3-8(9)10(18-11(13)17)7-16-14-5-6-15-16/h1-6,10H,7H2,(H2,13,17)/t10-/m0/s1. The zero-order valence-corrected chi connectivity index (χ0v) is 10.1. The fraction of sp³-hybridized carbons (Fsp3) is 0.182. The van der Waals surface area contributed by atoms with Gasteiger partial charge in [0, 0.05) is 10.6 Å². The molecule has 0 aliphatic carbocycles. The number of hydrogen-bond acceptors (Lipinski definition) is 4. The van der Waals surface area contributed by atoms with E-state index in [-0.39, 0.29) is 6.54 Å². The first kappa shape index (κ1) is 12.4. The number of halogens is 1. The molecule has 94 valence electrons. The van der Waals surface area contributed by atoms with Gasteiger partial charge in [-0.3, -0.25) is 0 Å². The van der Waals surface area contributed by atoms with Crippen molar-refractivity contribution in [1.82, 2.24) is 15.0 Å². The van der Waals surface area contributed by atoms with Crippen LogP contribution in [0.4, 0.5) is 4.79 Å². The molecule has 0 aliphatic heterocycles. The lowest BCUT2D eigenvalue weighted by molar-refractivity contribution is 0.0905. The summed E-state index contributed by atoms with van der Waals surface area (Å²) < 4.78 is 5.04. The maximum absolute atomic E-state index is 10.9. The first-order valence-electron chi connectivity index (χ1n) is 5.21. The third kappa shape index (κ3) is 2.98. The number of aromatic nitrogens is 3. The van der Waals surface area contributed by atoms with E-state index in [0.717, 1.165) is 0 Å². The summed E-state index contributed by atoms with van der Waals surface area (Å²) in [5.74, 6) is 0. The molecule has 0 saturated carbocycles. The van der Waals surface area contributed by atoms with Gasteiger partial charge in [0.2, 0.25) is 0 Å². The Balaban J connectivity index is 2.25. The van der Waals surface area contributed by atoms with Crippen molar-refractivity contribution in [2.75, 3.05) is 0 Å². The summed E-state index contributed by atoms with van der Waals surface area (Å²) in [5.41, 5.74) is 5.72. The van der Waals surface area contributed by atoms with Crippen molar-refractivity contribution in [1.29, 1.82) is 0 Å². The SMILES string of the molecule is NC(=O)O[C@@H](Cn1nccn1)c1ccccc1Cl. The van der Waals surface area contributed by atoms with E-state index in [9.17, 15) is 4.79 Å². The Morgan fingerprint density at radius 3 is 2.67 bits per heavy atom. The normalized spacial score (nSPS) is 12.1. The van der Waals surface area contributed by atoms with Crippen LogP contribution in [0, 0.1) is 0 Å². The molecule has 6 nitrogen and oxygen atoms in total. The average molecular weight is 267 g/mol. The minimum absolute atomic E-state index is 0.250. The molecule has 18 heavy (non-hydrogen) atoms. The van der Waals surface area contributed by atoms with Crippen LogP contribution >= 0.6 is 11.6 Å². The van der Waals surface area contributed by atoms with Gasteiger partial charge in [-0.2, -0.15) is 15.0 Å². The highest BCUT2D eigenvalue weighted by atomic mass is 35.5. The molecule has 0 unspecified atom stereocenters. The van der Waals surface area contributed by atoms with Crippen LogP contribution < -0.4 is 5.73 Å². The van der Waals surface area contributed by atoms with Gasteiger partial charge in [0.05, 0.1) is 12.4 Å². The minimum Gasteiger partial charge on any atom is -0.439 e. The summed E-state index contributed by atoms with van der Waals surface area (Å²) in [4.78, 5) is 12.3.